The van der Waals surface area contributed by atoms with Crippen LogP contribution < -0.4 is 10.6 Å². The van der Waals surface area contributed by atoms with Gasteiger partial charge in [-0.05, 0) is 5.56 Å². The van der Waals surface area contributed by atoms with Crippen LogP contribution in [0, 0.1) is 0 Å². The summed E-state index contributed by atoms with van der Waals surface area (Å²) in [5.41, 5.74) is 1.23. The fraction of sp³-hybridized carbons (Fsp3) is 0.0833. The first-order chi connectivity index (χ1) is 8.81. The maximum Gasteiger partial charge on any atom is 0.271 e. The zero-order valence-electron chi connectivity index (χ0n) is 9.51. The first-order valence-electron chi connectivity index (χ1n) is 5.37. The fourth-order valence-electron chi connectivity index (χ4n) is 1.50. The van der Waals surface area contributed by atoms with Gasteiger partial charge in [-0.2, -0.15) is 0 Å². The predicted molar refractivity (Wildman–Crippen MR) is 65.9 cm³/mol. The summed E-state index contributed by atoms with van der Waals surface area (Å²) in [6, 6.07) is 9.54. The number of hydrogen-bond donors (Lipinski definition) is 3. The molecule has 6 nitrogen and oxygen atoms in total. The molecule has 1 aromatic carbocycles. The molecule has 0 aliphatic carbocycles. The summed E-state index contributed by atoms with van der Waals surface area (Å²) in [6.07, 6.45) is 1.83. The average molecular weight is 244 g/mol. The van der Waals surface area contributed by atoms with Crippen molar-refractivity contribution in [3.05, 3.63) is 47.9 Å². The second kappa shape index (κ2) is 5.62. The summed E-state index contributed by atoms with van der Waals surface area (Å²) in [7, 11) is 0. The maximum absolute atomic E-state index is 11.8. The minimum atomic E-state index is -0.319. The number of nitrogens with one attached hydrogen (secondary N) is 3. The Labute approximate surface area is 103 Å². The molecule has 0 saturated heterocycles. The second-order valence-corrected chi connectivity index (χ2v) is 3.56. The molecule has 0 aliphatic rings. The molecule has 2 aromatic rings. The van der Waals surface area contributed by atoms with E-state index in [-0.39, 0.29) is 17.4 Å². The Morgan fingerprint density at radius 1 is 1.33 bits per heavy atom. The smallest absolute Gasteiger partial charge is 0.271 e. The van der Waals surface area contributed by atoms with Crippen molar-refractivity contribution in [1.29, 1.82) is 0 Å². The third kappa shape index (κ3) is 2.73. The number of aromatic nitrogens is 2. The van der Waals surface area contributed by atoms with Gasteiger partial charge in [0, 0.05) is 6.54 Å². The standard InChI is InChI=1S/C12H12N4O2/c17-8-16-11-10(14-7-15-11)12(18)13-6-9-4-2-1-3-5-9/h1-5,7-8H,6H2,(H,13,18)(H,14,15)(H,16,17). The van der Waals surface area contributed by atoms with Crippen molar-refractivity contribution in [1.82, 2.24) is 15.3 Å². The summed E-state index contributed by atoms with van der Waals surface area (Å²) in [4.78, 5) is 28.7. The minimum absolute atomic E-state index is 0.218. The monoisotopic (exact) mass is 244 g/mol. The first kappa shape index (κ1) is 11.8. The molecule has 2 amide bonds. The van der Waals surface area contributed by atoms with E-state index in [2.05, 4.69) is 20.6 Å². The van der Waals surface area contributed by atoms with E-state index >= 15 is 0 Å². The van der Waals surface area contributed by atoms with Crippen LogP contribution in [0.3, 0.4) is 0 Å². The van der Waals surface area contributed by atoms with E-state index in [1.807, 2.05) is 30.3 Å². The number of benzene rings is 1. The van der Waals surface area contributed by atoms with E-state index in [1.54, 1.807) is 0 Å². The largest absolute Gasteiger partial charge is 0.347 e. The number of nitrogens with zero attached hydrogens (tertiary/aromatic N) is 1. The van der Waals surface area contributed by atoms with Crippen LogP contribution in [0.15, 0.2) is 36.7 Å². The van der Waals surface area contributed by atoms with Gasteiger partial charge < -0.3 is 15.6 Å². The average Bonchev–Trinajstić information content (AvgIpc) is 2.86. The molecule has 92 valence electrons. The normalized spacial score (nSPS) is 9.78. The highest BCUT2D eigenvalue weighted by Gasteiger charge is 2.13. The fourth-order valence-corrected chi connectivity index (χ4v) is 1.50. The van der Waals surface area contributed by atoms with Crippen LogP contribution >= 0.6 is 0 Å². The molecule has 2 rings (SSSR count). The van der Waals surface area contributed by atoms with Gasteiger partial charge >= 0.3 is 0 Å². The topological polar surface area (TPSA) is 86.9 Å². The van der Waals surface area contributed by atoms with Gasteiger partial charge in [0.1, 0.15) is 5.69 Å². The lowest BCUT2D eigenvalue weighted by molar-refractivity contribution is -0.105. The Morgan fingerprint density at radius 2 is 2.11 bits per heavy atom. The molecule has 18 heavy (non-hydrogen) atoms. The lowest BCUT2D eigenvalue weighted by atomic mass is 10.2. The Hall–Kier alpha value is -2.63. The molecule has 0 radical (unpaired) electrons. The number of imidazole rings is 1. The van der Waals surface area contributed by atoms with Gasteiger partial charge in [-0.25, -0.2) is 4.98 Å². The van der Waals surface area contributed by atoms with Crippen molar-refractivity contribution in [2.24, 2.45) is 0 Å². The Morgan fingerprint density at radius 3 is 2.83 bits per heavy atom. The van der Waals surface area contributed by atoms with Crippen LogP contribution in [0.4, 0.5) is 5.82 Å². The summed E-state index contributed by atoms with van der Waals surface area (Å²) >= 11 is 0. The zero-order chi connectivity index (χ0) is 12.8. The van der Waals surface area contributed by atoms with Gasteiger partial charge in [0.05, 0.1) is 6.33 Å². The Balaban J connectivity index is 1.99. The van der Waals surface area contributed by atoms with Crippen LogP contribution in [0.1, 0.15) is 16.1 Å². The van der Waals surface area contributed by atoms with Crippen molar-refractivity contribution >= 4 is 18.1 Å². The number of carbonyl (C=O) groups excluding carboxylic acids is 2. The van der Waals surface area contributed by atoms with Gasteiger partial charge in [-0.15, -0.1) is 0 Å². The SMILES string of the molecule is O=CNc1nc[nH]c1C(=O)NCc1ccccc1. The molecule has 0 saturated carbocycles. The highest BCUT2D eigenvalue weighted by atomic mass is 16.2. The molecule has 0 aliphatic heterocycles. The number of hydrogen-bond acceptors (Lipinski definition) is 3. The van der Waals surface area contributed by atoms with Crippen LogP contribution in [0.2, 0.25) is 0 Å². The first-order valence-corrected chi connectivity index (χ1v) is 5.37. The second-order valence-electron chi connectivity index (χ2n) is 3.56. The van der Waals surface area contributed by atoms with E-state index in [4.69, 9.17) is 0 Å². The van der Waals surface area contributed by atoms with Crippen molar-refractivity contribution < 1.29 is 9.59 Å². The van der Waals surface area contributed by atoms with Gasteiger partial charge in [-0.1, -0.05) is 30.3 Å². The zero-order valence-corrected chi connectivity index (χ0v) is 9.51. The van der Waals surface area contributed by atoms with Gasteiger partial charge in [0.15, 0.2) is 5.82 Å². The lowest BCUT2D eigenvalue weighted by Crippen LogP contribution is -2.24. The molecular weight excluding hydrogens is 232 g/mol. The van der Waals surface area contributed by atoms with Crippen LogP contribution in [0.25, 0.3) is 0 Å². The van der Waals surface area contributed by atoms with Gasteiger partial charge in [0.2, 0.25) is 6.41 Å². The molecule has 0 fully saturated rings. The van der Waals surface area contributed by atoms with Crippen LogP contribution in [0.5, 0.6) is 0 Å². The molecule has 1 heterocycles. The molecule has 0 spiro atoms. The van der Waals surface area contributed by atoms with Gasteiger partial charge in [-0.3, -0.25) is 9.59 Å². The summed E-state index contributed by atoms with van der Waals surface area (Å²) in [6.45, 7) is 0.416. The highest BCUT2D eigenvalue weighted by Crippen LogP contribution is 2.08. The molecule has 0 unspecified atom stereocenters. The third-order valence-electron chi connectivity index (χ3n) is 2.36. The number of rotatable bonds is 5. The molecule has 6 heteroatoms. The molecule has 0 atom stereocenters. The van der Waals surface area contributed by atoms with Crippen molar-refractivity contribution in [3.8, 4) is 0 Å². The summed E-state index contributed by atoms with van der Waals surface area (Å²) in [5.74, 6) is -0.101. The Bertz CT molecular complexity index is 536. The van der Waals surface area contributed by atoms with Crippen molar-refractivity contribution in [2.45, 2.75) is 6.54 Å². The summed E-state index contributed by atoms with van der Waals surface area (Å²) < 4.78 is 0. The Kier molecular flexibility index (Phi) is 3.70. The minimum Gasteiger partial charge on any atom is -0.347 e. The lowest BCUT2D eigenvalue weighted by Gasteiger charge is -2.04. The number of aromatic amines is 1. The molecule has 0 bridgehead atoms. The number of amides is 2. The maximum atomic E-state index is 11.8. The van der Waals surface area contributed by atoms with Crippen LogP contribution in [-0.2, 0) is 11.3 Å². The highest BCUT2D eigenvalue weighted by molar-refractivity contribution is 5.98. The molecular formula is C12H12N4O2. The van der Waals surface area contributed by atoms with E-state index in [0.717, 1.165) is 5.56 Å². The predicted octanol–water partition coefficient (Wildman–Crippen LogP) is 0.908. The van der Waals surface area contributed by atoms with E-state index in [1.165, 1.54) is 6.33 Å². The van der Waals surface area contributed by atoms with E-state index in [0.29, 0.717) is 13.0 Å². The van der Waals surface area contributed by atoms with Crippen LogP contribution in [-0.4, -0.2) is 22.3 Å². The summed E-state index contributed by atoms with van der Waals surface area (Å²) in [5, 5.41) is 5.09. The number of H-pyrrole nitrogens is 1. The quantitative estimate of drug-likeness (QED) is 0.683. The van der Waals surface area contributed by atoms with E-state index in [9.17, 15) is 9.59 Å². The van der Waals surface area contributed by atoms with E-state index < -0.39 is 0 Å². The molecule has 1 aromatic heterocycles. The third-order valence-corrected chi connectivity index (χ3v) is 2.36. The number of anilines is 1. The molecule has 3 N–H and O–H groups in total. The van der Waals surface area contributed by atoms with Crippen molar-refractivity contribution in [3.63, 3.8) is 0 Å². The van der Waals surface area contributed by atoms with Crippen molar-refractivity contribution in [2.75, 3.05) is 5.32 Å². The number of carbonyl (C=O) groups is 2. The van der Waals surface area contributed by atoms with Gasteiger partial charge in [0.25, 0.3) is 5.91 Å².